The molecule has 1 aliphatic heterocycles. The van der Waals surface area contributed by atoms with Crippen LogP contribution in [0.15, 0.2) is 8.94 Å². The Bertz CT molecular complexity index is 680. The average Bonchev–Trinajstić information content (AvgIpc) is 3.19. The van der Waals surface area contributed by atoms with Crippen LogP contribution in [0.5, 0.6) is 0 Å². The molecule has 0 aromatic carbocycles. The Balaban J connectivity index is 1.32. The van der Waals surface area contributed by atoms with Crippen LogP contribution in [0.3, 0.4) is 0 Å². The number of aryl methyl sites for hydroxylation is 1. The first-order valence-electron chi connectivity index (χ1n) is 8.71. The number of piperidine rings is 1. The Morgan fingerprint density at radius 2 is 2.12 bits per heavy atom. The highest BCUT2D eigenvalue weighted by molar-refractivity contribution is 5.01. The van der Waals surface area contributed by atoms with Gasteiger partial charge in [0.2, 0.25) is 17.7 Å². The summed E-state index contributed by atoms with van der Waals surface area (Å²) >= 11 is 0. The van der Waals surface area contributed by atoms with E-state index in [1.807, 2.05) is 6.92 Å². The predicted molar refractivity (Wildman–Crippen MR) is 85.1 cm³/mol. The number of hydrogen-bond acceptors (Lipinski definition) is 8. The van der Waals surface area contributed by atoms with E-state index in [0.717, 1.165) is 31.3 Å². The molecule has 1 saturated heterocycles. The minimum absolute atomic E-state index is 0.473. The Morgan fingerprint density at radius 1 is 1.25 bits per heavy atom. The summed E-state index contributed by atoms with van der Waals surface area (Å²) in [4.78, 5) is 9.25. The van der Waals surface area contributed by atoms with E-state index in [1.165, 1.54) is 25.7 Å². The van der Waals surface area contributed by atoms with Gasteiger partial charge in [-0.2, -0.15) is 4.98 Å². The van der Waals surface area contributed by atoms with E-state index >= 15 is 0 Å². The zero-order chi connectivity index (χ0) is 16.5. The van der Waals surface area contributed by atoms with E-state index in [2.05, 4.69) is 37.2 Å². The Morgan fingerprint density at radius 3 is 2.88 bits per heavy atom. The first kappa shape index (κ1) is 15.7. The SMILES string of the molecule is Cc1nnc(CN(C)[C@@H]2CCCN(Cc3noc(C4CC4)n3)C2)o1. The quantitative estimate of drug-likeness (QED) is 0.791. The molecule has 8 nitrogen and oxygen atoms in total. The highest BCUT2D eigenvalue weighted by Gasteiger charge is 2.30. The number of hydrogen-bond donors (Lipinski definition) is 0. The van der Waals surface area contributed by atoms with E-state index in [0.29, 0.717) is 30.3 Å². The topological polar surface area (TPSA) is 84.3 Å². The molecule has 0 N–H and O–H groups in total. The Hall–Kier alpha value is -1.80. The molecule has 0 amide bonds. The lowest BCUT2D eigenvalue weighted by Crippen LogP contribution is -2.45. The van der Waals surface area contributed by atoms with Crippen molar-refractivity contribution in [2.24, 2.45) is 0 Å². The second-order valence-electron chi connectivity index (χ2n) is 6.98. The van der Waals surface area contributed by atoms with E-state index in [1.54, 1.807) is 0 Å². The first-order chi connectivity index (χ1) is 11.7. The molecule has 0 radical (unpaired) electrons. The summed E-state index contributed by atoms with van der Waals surface area (Å²) in [6.45, 7) is 5.35. The van der Waals surface area contributed by atoms with Gasteiger partial charge in [0.05, 0.1) is 13.1 Å². The van der Waals surface area contributed by atoms with E-state index in [9.17, 15) is 0 Å². The fourth-order valence-corrected chi connectivity index (χ4v) is 3.31. The van der Waals surface area contributed by atoms with Gasteiger partial charge in [0.1, 0.15) is 0 Å². The summed E-state index contributed by atoms with van der Waals surface area (Å²) in [6, 6.07) is 0.473. The van der Waals surface area contributed by atoms with Crippen molar-refractivity contribution < 1.29 is 8.94 Å². The van der Waals surface area contributed by atoms with Crippen LogP contribution in [0, 0.1) is 6.92 Å². The van der Waals surface area contributed by atoms with Crippen molar-refractivity contribution in [3.8, 4) is 0 Å². The second-order valence-corrected chi connectivity index (χ2v) is 6.98. The molecule has 2 aromatic rings. The molecule has 3 heterocycles. The number of likely N-dealkylation sites (tertiary alicyclic amines) is 1. The minimum atomic E-state index is 0.473. The molecular formula is C16H24N6O2. The summed E-state index contributed by atoms with van der Waals surface area (Å²) in [5, 5.41) is 12.1. The van der Waals surface area contributed by atoms with Crippen LogP contribution in [-0.2, 0) is 13.1 Å². The normalized spacial score (nSPS) is 22.4. The van der Waals surface area contributed by atoms with Gasteiger partial charge in [0, 0.05) is 25.4 Å². The molecule has 1 atom stereocenters. The maximum Gasteiger partial charge on any atom is 0.230 e. The lowest BCUT2D eigenvalue weighted by Gasteiger charge is -2.36. The fourth-order valence-electron chi connectivity index (χ4n) is 3.31. The molecular weight excluding hydrogens is 308 g/mol. The minimum Gasteiger partial charge on any atom is -0.424 e. The molecule has 4 rings (SSSR count). The second kappa shape index (κ2) is 6.60. The number of nitrogens with zero attached hydrogens (tertiary/aromatic N) is 6. The Kier molecular flexibility index (Phi) is 4.32. The molecule has 0 bridgehead atoms. The van der Waals surface area contributed by atoms with Crippen molar-refractivity contribution in [3.05, 3.63) is 23.5 Å². The third-order valence-corrected chi connectivity index (χ3v) is 4.83. The highest BCUT2D eigenvalue weighted by Crippen LogP contribution is 2.38. The molecule has 1 aliphatic carbocycles. The van der Waals surface area contributed by atoms with Gasteiger partial charge in [-0.25, -0.2) is 0 Å². The molecule has 0 unspecified atom stereocenters. The third kappa shape index (κ3) is 3.64. The van der Waals surface area contributed by atoms with Crippen molar-refractivity contribution >= 4 is 0 Å². The van der Waals surface area contributed by atoms with Crippen LogP contribution >= 0.6 is 0 Å². The summed E-state index contributed by atoms with van der Waals surface area (Å²) in [6.07, 6.45) is 4.73. The molecule has 2 aliphatic rings. The summed E-state index contributed by atoms with van der Waals surface area (Å²) < 4.78 is 10.8. The molecule has 130 valence electrons. The number of likely N-dealkylation sites (N-methyl/N-ethyl adjacent to an activating group) is 1. The molecule has 1 saturated carbocycles. The maximum absolute atomic E-state index is 5.49. The van der Waals surface area contributed by atoms with Crippen LogP contribution < -0.4 is 0 Å². The van der Waals surface area contributed by atoms with Gasteiger partial charge in [0.25, 0.3) is 0 Å². The zero-order valence-corrected chi connectivity index (χ0v) is 14.3. The van der Waals surface area contributed by atoms with Gasteiger partial charge in [-0.15, -0.1) is 10.2 Å². The molecule has 24 heavy (non-hydrogen) atoms. The lowest BCUT2D eigenvalue weighted by atomic mass is 10.0. The first-order valence-corrected chi connectivity index (χ1v) is 8.71. The largest absolute Gasteiger partial charge is 0.424 e. The van der Waals surface area contributed by atoms with Crippen LogP contribution in [0.4, 0.5) is 0 Å². The van der Waals surface area contributed by atoms with Crippen LogP contribution in [-0.4, -0.2) is 56.3 Å². The van der Waals surface area contributed by atoms with E-state index in [4.69, 9.17) is 8.94 Å². The van der Waals surface area contributed by atoms with Crippen LogP contribution in [0.25, 0.3) is 0 Å². The van der Waals surface area contributed by atoms with Gasteiger partial charge in [-0.3, -0.25) is 9.80 Å². The maximum atomic E-state index is 5.49. The van der Waals surface area contributed by atoms with Crippen LogP contribution in [0.2, 0.25) is 0 Å². The van der Waals surface area contributed by atoms with Crippen molar-refractivity contribution in [2.45, 2.75) is 57.7 Å². The zero-order valence-electron chi connectivity index (χ0n) is 14.3. The smallest absolute Gasteiger partial charge is 0.230 e. The number of rotatable bonds is 6. The Labute approximate surface area is 141 Å². The van der Waals surface area contributed by atoms with Gasteiger partial charge in [-0.05, 0) is 39.3 Å². The van der Waals surface area contributed by atoms with Gasteiger partial charge >= 0.3 is 0 Å². The van der Waals surface area contributed by atoms with Crippen molar-refractivity contribution in [1.82, 2.24) is 30.1 Å². The van der Waals surface area contributed by atoms with Crippen molar-refractivity contribution in [3.63, 3.8) is 0 Å². The standard InChI is InChI=1S/C16H24N6O2/c1-11-18-19-15(23-11)10-21(2)13-4-3-7-22(8-13)9-14-17-16(24-20-14)12-5-6-12/h12-13H,3-10H2,1-2H3/t13-/m1/s1. The molecule has 8 heteroatoms. The van der Waals surface area contributed by atoms with Gasteiger partial charge in [0.15, 0.2) is 5.82 Å². The van der Waals surface area contributed by atoms with E-state index < -0.39 is 0 Å². The van der Waals surface area contributed by atoms with Crippen molar-refractivity contribution in [1.29, 1.82) is 0 Å². The summed E-state index contributed by atoms with van der Waals surface area (Å²) in [5.74, 6) is 3.45. The average molecular weight is 332 g/mol. The lowest BCUT2D eigenvalue weighted by molar-refractivity contribution is 0.0986. The monoisotopic (exact) mass is 332 g/mol. The van der Waals surface area contributed by atoms with Crippen molar-refractivity contribution in [2.75, 3.05) is 20.1 Å². The number of aromatic nitrogens is 4. The summed E-state index contributed by atoms with van der Waals surface area (Å²) in [5.41, 5.74) is 0. The molecule has 2 aromatic heterocycles. The molecule has 2 fully saturated rings. The summed E-state index contributed by atoms with van der Waals surface area (Å²) in [7, 11) is 2.12. The molecule has 0 spiro atoms. The van der Waals surface area contributed by atoms with Crippen LogP contribution in [0.1, 0.15) is 55.1 Å². The predicted octanol–water partition coefficient (Wildman–Crippen LogP) is 1.73. The third-order valence-electron chi connectivity index (χ3n) is 4.83. The van der Waals surface area contributed by atoms with Gasteiger partial charge < -0.3 is 8.94 Å². The fraction of sp³-hybridized carbons (Fsp3) is 0.750. The highest BCUT2D eigenvalue weighted by atomic mass is 16.5. The van der Waals surface area contributed by atoms with Gasteiger partial charge in [-0.1, -0.05) is 5.16 Å². The van der Waals surface area contributed by atoms with E-state index in [-0.39, 0.29) is 0 Å².